The highest BCUT2D eigenvalue weighted by molar-refractivity contribution is 7.92. The van der Waals surface area contributed by atoms with Crippen LogP contribution in [0.4, 0.5) is 0 Å². The highest BCUT2D eigenvalue weighted by Gasteiger charge is 2.40. The van der Waals surface area contributed by atoms with Crippen molar-refractivity contribution in [1.82, 2.24) is 14.9 Å². The Morgan fingerprint density at radius 3 is 2.63 bits per heavy atom. The zero-order chi connectivity index (χ0) is 14.0. The van der Waals surface area contributed by atoms with Gasteiger partial charge in [-0.1, -0.05) is 13.8 Å². The number of sulfone groups is 1. The quantitative estimate of drug-likeness (QED) is 0.797. The van der Waals surface area contributed by atoms with Crippen LogP contribution in [0.2, 0.25) is 0 Å². The van der Waals surface area contributed by atoms with E-state index in [1.54, 1.807) is 0 Å². The van der Waals surface area contributed by atoms with Crippen LogP contribution in [0, 0.1) is 5.92 Å². The zero-order valence-corrected chi connectivity index (χ0v) is 11.8. The lowest BCUT2D eigenvalue weighted by atomic mass is 10.2. The maximum atomic E-state index is 12.0. The van der Waals surface area contributed by atoms with Crippen molar-refractivity contribution in [1.29, 1.82) is 0 Å². The summed E-state index contributed by atoms with van der Waals surface area (Å²) in [5.41, 5.74) is 0.252. The van der Waals surface area contributed by atoms with Crippen LogP contribution >= 0.6 is 0 Å². The average molecular weight is 283 g/mol. The molecule has 1 aromatic heterocycles. The SMILES string of the molecule is CC(C)CS(=O)(=O)C1CN(C(=O)c2cnccn2)C1. The molecule has 6 nitrogen and oxygen atoms in total. The van der Waals surface area contributed by atoms with Gasteiger partial charge in [-0.15, -0.1) is 0 Å². The Hall–Kier alpha value is -1.50. The summed E-state index contributed by atoms with van der Waals surface area (Å²) >= 11 is 0. The Bertz CT molecular complexity index is 551. The van der Waals surface area contributed by atoms with Gasteiger partial charge in [-0.05, 0) is 5.92 Å². The summed E-state index contributed by atoms with van der Waals surface area (Å²) in [6.07, 6.45) is 4.32. The van der Waals surface area contributed by atoms with Crippen LogP contribution in [-0.4, -0.2) is 53.3 Å². The Morgan fingerprint density at radius 1 is 1.42 bits per heavy atom. The molecule has 1 fully saturated rings. The molecule has 0 aromatic carbocycles. The number of rotatable bonds is 4. The molecule has 0 unspecified atom stereocenters. The molecule has 1 aromatic rings. The number of aromatic nitrogens is 2. The van der Waals surface area contributed by atoms with E-state index in [9.17, 15) is 13.2 Å². The molecule has 0 saturated carbocycles. The van der Waals surface area contributed by atoms with Gasteiger partial charge in [0.1, 0.15) is 5.69 Å². The van der Waals surface area contributed by atoms with Gasteiger partial charge >= 0.3 is 0 Å². The summed E-state index contributed by atoms with van der Waals surface area (Å²) in [5.74, 6) is 0.0176. The van der Waals surface area contributed by atoms with Crippen LogP contribution in [0.1, 0.15) is 24.3 Å². The van der Waals surface area contributed by atoms with Crippen molar-refractivity contribution >= 4 is 15.7 Å². The lowest BCUT2D eigenvalue weighted by Gasteiger charge is -2.38. The van der Waals surface area contributed by atoms with Gasteiger partial charge in [0.25, 0.3) is 5.91 Å². The monoisotopic (exact) mass is 283 g/mol. The maximum Gasteiger partial charge on any atom is 0.274 e. The van der Waals surface area contributed by atoms with E-state index in [0.717, 1.165) is 0 Å². The maximum absolute atomic E-state index is 12.0. The molecule has 2 rings (SSSR count). The standard InChI is InChI=1S/C12H17N3O3S/c1-9(2)8-19(17,18)10-6-15(7-10)12(16)11-5-13-3-4-14-11/h3-5,9-10H,6-8H2,1-2H3. The van der Waals surface area contributed by atoms with Gasteiger partial charge < -0.3 is 4.90 Å². The predicted molar refractivity (Wildman–Crippen MR) is 70.3 cm³/mol. The number of amides is 1. The summed E-state index contributed by atoms with van der Waals surface area (Å²) in [6, 6.07) is 0. The van der Waals surface area contributed by atoms with Crippen LogP contribution in [0.3, 0.4) is 0 Å². The molecule has 1 aliphatic rings. The first kappa shape index (κ1) is 13.9. The molecular formula is C12H17N3O3S. The van der Waals surface area contributed by atoms with Gasteiger partial charge in [-0.2, -0.15) is 0 Å². The third-order valence-corrected chi connectivity index (χ3v) is 5.44. The zero-order valence-electron chi connectivity index (χ0n) is 11.0. The second kappa shape index (κ2) is 5.24. The molecule has 1 saturated heterocycles. The summed E-state index contributed by atoms with van der Waals surface area (Å²) in [6.45, 7) is 4.26. The Kier molecular flexibility index (Phi) is 3.84. The van der Waals surface area contributed by atoms with E-state index in [4.69, 9.17) is 0 Å². The van der Waals surface area contributed by atoms with Crippen LogP contribution in [0.25, 0.3) is 0 Å². The third kappa shape index (κ3) is 3.09. The van der Waals surface area contributed by atoms with E-state index in [-0.39, 0.29) is 36.4 Å². The highest BCUT2D eigenvalue weighted by atomic mass is 32.2. The van der Waals surface area contributed by atoms with Gasteiger partial charge in [-0.3, -0.25) is 9.78 Å². The predicted octanol–water partition coefficient (Wildman–Crippen LogP) is 0.372. The van der Waals surface area contributed by atoms with Crippen LogP contribution in [0.15, 0.2) is 18.6 Å². The van der Waals surface area contributed by atoms with Crippen molar-refractivity contribution in [2.75, 3.05) is 18.8 Å². The molecule has 1 amide bonds. The second-order valence-corrected chi connectivity index (χ2v) is 7.47. The van der Waals surface area contributed by atoms with Gasteiger partial charge in [0, 0.05) is 25.5 Å². The Morgan fingerprint density at radius 2 is 2.11 bits per heavy atom. The molecule has 19 heavy (non-hydrogen) atoms. The minimum atomic E-state index is -3.10. The number of carbonyl (C=O) groups excluding carboxylic acids is 1. The lowest BCUT2D eigenvalue weighted by molar-refractivity contribution is 0.0652. The summed E-state index contributed by atoms with van der Waals surface area (Å²) < 4.78 is 23.9. The van der Waals surface area contributed by atoms with E-state index in [1.807, 2.05) is 13.8 Å². The number of carbonyl (C=O) groups is 1. The van der Waals surface area contributed by atoms with Gasteiger partial charge in [0.05, 0.1) is 17.2 Å². The van der Waals surface area contributed by atoms with Gasteiger partial charge in [0.2, 0.25) is 0 Å². The summed E-state index contributed by atoms with van der Waals surface area (Å²) in [7, 11) is -3.10. The largest absolute Gasteiger partial charge is 0.335 e. The minimum absolute atomic E-state index is 0.106. The fraction of sp³-hybridized carbons (Fsp3) is 0.583. The van der Waals surface area contributed by atoms with E-state index in [0.29, 0.717) is 0 Å². The van der Waals surface area contributed by atoms with Crippen LogP contribution in [0.5, 0.6) is 0 Å². The van der Waals surface area contributed by atoms with Crippen molar-refractivity contribution in [2.45, 2.75) is 19.1 Å². The third-order valence-electron chi connectivity index (χ3n) is 2.99. The Labute approximate surface area is 112 Å². The van der Waals surface area contributed by atoms with Crippen molar-refractivity contribution in [2.24, 2.45) is 5.92 Å². The smallest absolute Gasteiger partial charge is 0.274 e. The molecule has 0 radical (unpaired) electrons. The molecule has 0 bridgehead atoms. The number of hydrogen-bond donors (Lipinski definition) is 0. The van der Waals surface area contributed by atoms with Crippen molar-refractivity contribution < 1.29 is 13.2 Å². The molecule has 7 heteroatoms. The molecular weight excluding hydrogens is 266 g/mol. The minimum Gasteiger partial charge on any atom is -0.335 e. The summed E-state index contributed by atoms with van der Waals surface area (Å²) in [5, 5.41) is -0.435. The fourth-order valence-electron chi connectivity index (χ4n) is 2.00. The molecule has 0 atom stereocenters. The molecule has 0 N–H and O–H groups in total. The molecule has 2 heterocycles. The van der Waals surface area contributed by atoms with E-state index in [2.05, 4.69) is 9.97 Å². The average Bonchev–Trinajstić information content (AvgIpc) is 2.25. The number of nitrogens with zero attached hydrogens (tertiary/aromatic N) is 3. The Balaban J connectivity index is 1.95. The first-order valence-corrected chi connectivity index (χ1v) is 7.88. The van der Waals surface area contributed by atoms with E-state index in [1.165, 1.54) is 23.5 Å². The first-order chi connectivity index (χ1) is 8.90. The molecule has 0 aliphatic carbocycles. The second-order valence-electron chi connectivity index (χ2n) is 5.15. The normalized spacial score (nSPS) is 16.5. The number of likely N-dealkylation sites (tertiary alicyclic amines) is 1. The van der Waals surface area contributed by atoms with Gasteiger partial charge in [-0.25, -0.2) is 13.4 Å². The van der Waals surface area contributed by atoms with Gasteiger partial charge in [0.15, 0.2) is 9.84 Å². The topological polar surface area (TPSA) is 80.2 Å². The number of hydrogen-bond acceptors (Lipinski definition) is 5. The van der Waals surface area contributed by atoms with E-state index < -0.39 is 15.1 Å². The van der Waals surface area contributed by atoms with Crippen molar-refractivity contribution in [3.05, 3.63) is 24.3 Å². The fourth-order valence-corrected chi connectivity index (χ4v) is 4.02. The van der Waals surface area contributed by atoms with Crippen molar-refractivity contribution in [3.63, 3.8) is 0 Å². The highest BCUT2D eigenvalue weighted by Crippen LogP contribution is 2.20. The first-order valence-electron chi connectivity index (χ1n) is 6.17. The van der Waals surface area contributed by atoms with Crippen LogP contribution in [-0.2, 0) is 9.84 Å². The molecule has 1 aliphatic heterocycles. The lowest BCUT2D eigenvalue weighted by Crippen LogP contribution is -2.57. The van der Waals surface area contributed by atoms with E-state index >= 15 is 0 Å². The van der Waals surface area contributed by atoms with Crippen molar-refractivity contribution in [3.8, 4) is 0 Å². The molecule has 104 valence electrons. The molecule has 0 spiro atoms. The van der Waals surface area contributed by atoms with Crippen LogP contribution < -0.4 is 0 Å². The summed E-state index contributed by atoms with van der Waals surface area (Å²) in [4.78, 5) is 21.2.